The summed E-state index contributed by atoms with van der Waals surface area (Å²) >= 11 is 0. The van der Waals surface area contributed by atoms with Crippen molar-refractivity contribution >= 4 is 5.91 Å². The third-order valence-corrected chi connectivity index (χ3v) is 4.51. The van der Waals surface area contributed by atoms with Gasteiger partial charge in [0.15, 0.2) is 0 Å². The molecule has 18 heavy (non-hydrogen) atoms. The zero-order valence-electron chi connectivity index (χ0n) is 11.0. The number of aliphatic hydroxyl groups excluding tert-OH is 2. The van der Waals surface area contributed by atoms with Gasteiger partial charge in [-0.3, -0.25) is 4.79 Å². The van der Waals surface area contributed by atoms with Gasteiger partial charge in [0.2, 0.25) is 5.91 Å². The first-order chi connectivity index (χ1) is 8.69. The van der Waals surface area contributed by atoms with Crippen molar-refractivity contribution in [2.45, 2.75) is 63.5 Å². The van der Waals surface area contributed by atoms with Crippen molar-refractivity contribution in [2.75, 3.05) is 6.61 Å². The van der Waals surface area contributed by atoms with Gasteiger partial charge in [0.1, 0.15) is 0 Å². The van der Waals surface area contributed by atoms with E-state index in [-0.39, 0.29) is 24.5 Å². The molecule has 0 aromatic carbocycles. The third-order valence-electron chi connectivity index (χ3n) is 4.51. The van der Waals surface area contributed by atoms with Crippen molar-refractivity contribution in [2.24, 2.45) is 11.8 Å². The van der Waals surface area contributed by atoms with Crippen LogP contribution in [0.5, 0.6) is 0 Å². The van der Waals surface area contributed by atoms with E-state index >= 15 is 0 Å². The van der Waals surface area contributed by atoms with Crippen LogP contribution < -0.4 is 5.32 Å². The van der Waals surface area contributed by atoms with E-state index in [0.717, 1.165) is 12.3 Å². The first-order valence-electron chi connectivity index (χ1n) is 7.27. The minimum absolute atomic E-state index is 0.00953. The van der Waals surface area contributed by atoms with Crippen LogP contribution in [-0.2, 0) is 4.79 Å². The van der Waals surface area contributed by atoms with Crippen molar-refractivity contribution in [3.63, 3.8) is 0 Å². The minimum Gasteiger partial charge on any atom is -0.396 e. The fourth-order valence-corrected chi connectivity index (χ4v) is 3.35. The zero-order chi connectivity index (χ0) is 13.0. The van der Waals surface area contributed by atoms with Crippen LogP contribution in [0, 0.1) is 11.8 Å². The molecule has 2 rings (SSSR count). The highest BCUT2D eigenvalue weighted by molar-refractivity contribution is 5.76. The Hall–Kier alpha value is -0.610. The maximum atomic E-state index is 11.8. The molecule has 2 aliphatic carbocycles. The summed E-state index contributed by atoms with van der Waals surface area (Å²) in [6, 6.07) is 0.0493. The summed E-state index contributed by atoms with van der Waals surface area (Å²) in [5.74, 6) is 0.790. The maximum Gasteiger partial charge on any atom is 0.220 e. The zero-order valence-corrected chi connectivity index (χ0v) is 11.0. The lowest BCUT2D eigenvalue weighted by Crippen LogP contribution is -2.33. The van der Waals surface area contributed by atoms with Gasteiger partial charge >= 0.3 is 0 Å². The molecule has 0 heterocycles. The molecule has 3 N–H and O–H groups in total. The molecule has 0 aliphatic heterocycles. The molecule has 0 radical (unpaired) electrons. The Morgan fingerprint density at radius 1 is 1.22 bits per heavy atom. The van der Waals surface area contributed by atoms with Crippen LogP contribution in [0.2, 0.25) is 0 Å². The smallest absolute Gasteiger partial charge is 0.220 e. The molecule has 2 saturated carbocycles. The first kappa shape index (κ1) is 13.8. The van der Waals surface area contributed by atoms with Crippen LogP contribution in [-0.4, -0.2) is 34.9 Å². The van der Waals surface area contributed by atoms with Gasteiger partial charge in [-0.05, 0) is 25.2 Å². The van der Waals surface area contributed by atoms with Crippen LogP contribution in [0.25, 0.3) is 0 Å². The van der Waals surface area contributed by atoms with Crippen LogP contribution in [0.3, 0.4) is 0 Å². The standard InChI is InChI=1S/C14H25NO3/c16-9-11-7-12(8-13(11)17)15-14(18)6-5-10-3-1-2-4-10/h10-13,16-17H,1-9H2,(H,15,18)/t11-,12-,13+/m0/s1. The molecule has 104 valence electrons. The number of rotatable bonds is 5. The lowest BCUT2D eigenvalue weighted by molar-refractivity contribution is -0.122. The van der Waals surface area contributed by atoms with Gasteiger partial charge < -0.3 is 15.5 Å². The highest BCUT2D eigenvalue weighted by Crippen LogP contribution is 2.29. The van der Waals surface area contributed by atoms with Crippen molar-refractivity contribution in [3.05, 3.63) is 0 Å². The molecule has 4 nitrogen and oxygen atoms in total. The summed E-state index contributed by atoms with van der Waals surface area (Å²) in [6.07, 6.45) is 7.64. The maximum absolute atomic E-state index is 11.8. The second kappa shape index (κ2) is 6.53. The van der Waals surface area contributed by atoms with Gasteiger partial charge in [-0.25, -0.2) is 0 Å². The van der Waals surface area contributed by atoms with Crippen LogP contribution in [0.4, 0.5) is 0 Å². The van der Waals surface area contributed by atoms with Gasteiger partial charge in [-0.15, -0.1) is 0 Å². The third kappa shape index (κ3) is 3.69. The SMILES string of the molecule is O=C(CCC1CCCC1)N[C@H]1C[C@@H](CO)[C@H](O)C1. The number of carbonyl (C=O) groups is 1. The Bertz CT molecular complexity index is 276. The molecule has 2 aliphatic rings. The molecule has 0 unspecified atom stereocenters. The Kier molecular flexibility index (Phi) is 5.01. The van der Waals surface area contributed by atoms with E-state index in [1.165, 1.54) is 25.7 Å². The molecule has 0 aromatic heterocycles. The van der Waals surface area contributed by atoms with E-state index < -0.39 is 6.10 Å². The fraction of sp³-hybridized carbons (Fsp3) is 0.929. The lowest BCUT2D eigenvalue weighted by atomic mass is 10.0. The van der Waals surface area contributed by atoms with Gasteiger partial charge in [-0.2, -0.15) is 0 Å². The summed E-state index contributed by atoms with van der Waals surface area (Å²) < 4.78 is 0. The topological polar surface area (TPSA) is 69.6 Å². The summed E-state index contributed by atoms with van der Waals surface area (Å²) in [5, 5.41) is 21.7. The van der Waals surface area contributed by atoms with Crippen molar-refractivity contribution in [1.29, 1.82) is 0 Å². The normalized spacial score (nSPS) is 32.9. The van der Waals surface area contributed by atoms with E-state index in [1.807, 2.05) is 0 Å². The van der Waals surface area contributed by atoms with E-state index in [0.29, 0.717) is 19.3 Å². The fourth-order valence-electron chi connectivity index (χ4n) is 3.35. The van der Waals surface area contributed by atoms with E-state index in [2.05, 4.69) is 5.32 Å². The van der Waals surface area contributed by atoms with Crippen LogP contribution >= 0.6 is 0 Å². The molecule has 0 bridgehead atoms. The van der Waals surface area contributed by atoms with Crippen molar-refractivity contribution in [3.8, 4) is 0 Å². The summed E-state index contributed by atoms with van der Waals surface area (Å²) in [7, 11) is 0. The Labute approximate surface area is 109 Å². The van der Waals surface area contributed by atoms with Crippen LogP contribution in [0.1, 0.15) is 51.4 Å². The molecule has 0 aromatic rings. The van der Waals surface area contributed by atoms with E-state index in [9.17, 15) is 9.90 Å². The highest BCUT2D eigenvalue weighted by atomic mass is 16.3. The highest BCUT2D eigenvalue weighted by Gasteiger charge is 2.33. The molecule has 4 heteroatoms. The number of aliphatic hydroxyl groups is 2. The molecule has 1 amide bonds. The molecule has 2 fully saturated rings. The van der Waals surface area contributed by atoms with Gasteiger partial charge in [-0.1, -0.05) is 25.7 Å². The van der Waals surface area contributed by atoms with Crippen molar-refractivity contribution in [1.82, 2.24) is 5.32 Å². The Morgan fingerprint density at radius 2 is 1.94 bits per heavy atom. The van der Waals surface area contributed by atoms with Gasteiger partial charge in [0, 0.05) is 25.0 Å². The number of hydrogen-bond donors (Lipinski definition) is 3. The Balaban J connectivity index is 1.65. The van der Waals surface area contributed by atoms with Crippen LogP contribution in [0.15, 0.2) is 0 Å². The van der Waals surface area contributed by atoms with E-state index in [1.54, 1.807) is 0 Å². The molecular weight excluding hydrogens is 230 g/mol. The predicted molar refractivity (Wildman–Crippen MR) is 68.9 cm³/mol. The number of hydrogen-bond acceptors (Lipinski definition) is 3. The number of nitrogens with one attached hydrogen (secondary N) is 1. The average molecular weight is 255 g/mol. The molecule has 0 saturated heterocycles. The number of carbonyl (C=O) groups excluding carboxylic acids is 1. The van der Waals surface area contributed by atoms with Gasteiger partial charge in [0.05, 0.1) is 6.10 Å². The van der Waals surface area contributed by atoms with E-state index in [4.69, 9.17) is 5.11 Å². The summed E-state index contributed by atoms with van der Waals surface area (Å²) in [4.78, 5) is 11.8. The predicted octanol–water partition coefficient (Wildman–Crippen LogP) is 1.20. The average Bonchev–Trinajstić information content (AvgIpc) is 2.96. The summed E-state index contributed by atoms with van der Waals surface area (Å²) in [6.45, 7) is 0.00953. The largest absolute Gasteiger partial charge is 0.396 e. The molecular formula is C14H25NO3. The first-order valence-corrected chi connectivity index (χ1v) is 7.27. The Morgan fingerprint density at radius 3 is 2.56 bits per heavy atom. The van der Waals surface area contributed by atoms with Crippen molar-refractivity contribution < 1.29 is 15.0 Å². The number of amides is 1. The monoisotopic (exact) mass is 255 g/mol. The second-order valence-corrected chi connectivity index (χ2v) is 5.94. The minimum atomic E-state index is -0.463. The quantitative estimate of drug-likeness (QED) is 0.691. The molecule has 0 spiro atoms. The lowest BCUT2D eigenvalue weighted by Gasteiger charge is -2.13. The molecule has 3 atom stereocenters. The second-order valence-electron chi connectivity index (χ2n) is 5.94. The summed E-state index contributed by atoms with van der Waals surface area (Å²) in [5.41, 5.74) is 0. The van der Waals surface area contributed by atoms with Gasteiger partial charge in [0.25, 0.3) is 0 Å².